The lowest BCUT2D eigenvalue weighted by Gasteiger charge is -2.24. The molecule has 1 N–H and O–H groups in total. The van der Waals surface area contributed by atoms with E-state index in [1.807, 2.05) is 101 Å². The number of aromatic nitrogens is 6. The molecule has 0 saturated heterocycles. The molecule has 6 aromatic rings. The van der Waals surface area contributed by atoms with Crippen molar-refractivity contribution in [2.75, 3.05) is 0 Å². The number of H-pyrrole nitrogens is 1. The second kappa shape index (κ2) is 9.32. The molecule has 0 spiro atoms. The number of benzene rings is 2. The Hall–Kier alpha value is -4.84. The van der Waals surface area contributed by atoms with Crippen LogP contribution < -0.4 is 4.68 Å². The molecule has 0 aliphatic carbocycles. The van der Waals surface area contributed by atoms with E-state index in [9.17, 15) is 0 Å². The highest BCUT2D eigenvalue weighted by Gasteiger charge is 2.27. The molecule has 0 saturated carbocycles. The van der Waals surface area contributed by atoms with E-state index in [1.165, 1.54) is 0 Å². The zero-order valence-corrected chi connectivity index (χ0v) is 20.8. The summed E-state index contributed by atoms with van der Waals surface area (Å²) in [5.74, 6) is 0. The topological polar surface area (TPSA) is 63.3 Å². The molecule has 0 fully saturated rings. The van der Waals surface area contributed by atoms with Gasteiger partial charge in [0, 0.05) is 29.8 Å². The van der Waals surface area contributed by atoms with Gasteiger partial charge in [0.15, 0.2) is 0 Å². The number of nitrogens with zero attached hydrogens (tertiary/aromatic N) is 5. The third-order valence-corrected chi connectivity index (χ3v) is 6.59. The van der Waals surface area contributed by atoms with Crippen molar-refractivity contribution in [2.45, 2.75) is 19.3 Å². The molecule has 6 heteroatoms. The number of hydrogen-bond acceptors (Lipinski definition) is 3. The van der Waals surface area contributed by atoms with Crippen LogP contribution in [-0.4, -0.2) is 24.8 Å². The van der Waals surface area contributed by atoms with Crippen LogP contribution in [0.25, 0.3) is 34.2 Å². The van der Waals surface area contributed by atoms with Gasteiger partial charge in [-0.15, -0.1) is 0 Å². The SMILES string of the molecule is CC(C)(c1cccc(-c2ccn(-c3ccccc3)n2)n1)c1cccc(-c2cc[n+](-c3ccccc3)[nH]2)n1. The van der Waals surface area contributed by atoms with Gasteiger partial charge < -0.3 is 0 Å². The molecule has 0 radical (unpaired) electrons. The fraction of sp³-hybridized carbons (Fsp3) is 0.0968. The molecular weight excluding hydrogens is 456 g/mol. The first-order valence-electron chi connectivity index (χ1n) is 12.3. The molecule has 0 aliphatic rings. The molecule has 37 heavy (non-hydrogen) atoms. The fourth-order valence-electron chi connectivity index (χ4n) is 4.41. The van der Waals surface area contributed by atoms with Gasteiger partial charge in [-0.3, -0.25) is 9.97 Å². The van der Waals surface area contributed by atoms with Crippen molar-refractivity contribution in [1.82, 2.24) is 24.8 Å². The third kappa shape index (κ3) is 4.45. The van der Waals surface area contributed by atoms with Crippen LogP contribution in [0.5, 0.6) is 0 Å². The zero-order chi connectivity index (χ0) is 25.2. The third-order valence-electron chi connectivity index (χ3n) is 6.59. The molecular formula is C31H27N6+. The van der Waals surface area contributed by atoms with E-state index in [2.05, 4.69) is 49.3 Å². The summed E-state index contributed by atoms with van der Waals surface area (Å²) in [6.45, 7) is 4.32. The first-order chi connectivity index (χ1) is 18.1. The van der Waals surface area contributed by atoms with Crippen molar-refractivity contribution >= 4 is 0 Å². The van der Waals surface area contributed by atoms with Gasteiger partial charge in [0.05, 0.1) is 28.5 Å². The van der Waals surface area contributed by atoms with Crippen LogP contribution >= 0.6 is 0 Å². The van der Waals surface area contributed by atoms with Crippen LogP contribution in [-0.2, 0) is 5.41 Å². The predicted octanol–water partition coefficient (Wildman–Crippen LogP) is 5.93. The molecule has 6 nitrogen and oxygen atoms in total. The van der Waals surface area contributed by atoms with Crippen LogP contribution in [0.3, 0.4) is 0 Å². The van der Waals surface area contributed by atoms with Crippen molar-refractivity contribution in [3.8, 4) is 34.2 Å². The molecule has 180 valence electrons. The van der Waals surface area contributed by atoms with Crippen LogP contribution in [0.15, 0.2) is 122 Å². The minimum Gasteiger partial charge on any atom is -0.250 e. The Labute approximate surface area is 215 Å². The molecule has 6 rings (SSSR count). The van der Waals surface area contributed by atoms with Gasteiger partial charge in [-0.1, -0.05) is 53.2 Å². The number of rotatable bonds is 6. The average molecular weight is 484 g/mol. The molecule has 0 bridgehead atoms. The van der Waals surface area contributed by atoms with Gasteiger partial charge in [-0.2, -0.15) is 10.2 Å². The maximum Gasteiger partial charge on any atom is 0.235 e. The van der Waals surface area contributed by atoms with Gasteiger partial charge >= 0.3 is 0 Å². The smallest absolute Gasteiger partial charge is 0.235 e. The molecule has 0 atom stereocenters. The maximum absolute atomic E-state index is 5.04. The molecule has 2 aromatic carbocycles. The Balaban J connectivity index is 1.30. The number of para-hydroxylation sites is 2. The summed E-state index contributed by atoms with van der Waals surface area (Å²) in [5.41, 5.74) is 7.08. The van der Waals surface area contributed by atoms with E-state index >= 15 is 0 Å². The van der Waals surface area contributed by atoms with Crippen molar-refractivity contribution in [1.29, 1.82) is 0 Å². The number of pyridine rings is 2. The zero-order valence-electron chi connectivity index (χ0n) is 20.8. The van der Waals surface area contributed by atoms with Gasteiger partial charge in [-0.25, -0.2) is 4.68 Å². The second-order valence-corrected chi connectivity index (χ2v) is 9.47. The minimum absolute atomic E-state index is 0.407. The van der Waals surface area contributed by atoms with Crippen molar-refractivity contribution < 1.29 is 4.68 Å². The van der Waals surface area contributed by atoms with Crippen molar-refractivity contribution in [3.63, 3.8) is 0 Å². The van der Waals surface area contributed by atoms with Gasteiger partial charge in [-0.05, 0) is 56.3 Å². The van der Waals surface area contributed by atoms with E-state index in [-0.39, 0.29) is 0 Å². The van der Waals surface area contributed by atoms with Crippen LogP contribution in [0, 0.1) is 0 Å². The fourth-order valence-corrected chi connectivity index (χ4v) is 4.41. The monoisotopic (exact) mass is 483 g/mol. The largest absolute Gasteiger partial charge is 0.250 e. The Bertz CT molecular complexity index is 1520. The Morgan fingerprint density at radius 3 is 2.03 bits per heavy atom. The highest BCUT2D eigenvalue weighted by molar-refractivity contribution is 5.56. The molecule has 0 amide bonds. The van der Waals surface area contributed by atoms with E-state index in [0.717, 1.165) is 45.5 Å². The number of hydrogen-bond donors (Lipinski definition) is 1. The van der Waals surface area contributed by atoms with Gasteiger partial charge in [0.2, 0.25) is 11.9 Å². The van der Waals surface area contributed by atoms with Gasteiger partial charge in [0.1, 0.15) is 11.4 Å². The lowest BCUT2D eigenvalue weighted by molar-refractivity contribution is -0.654. The first kappa shape index (κ1) is 22.6. The van der Waals surface area contributed by atoms with Crippen molar-refractivity contribution in [3.05, 3.63) is 133 Å². The standard InChI is InChI=1S/C31H26N6/c1-31(2,29-17-9-15-25(32-29)27-19-21-36(34-27)23-11-5-3-6-12-23)30-18-10-16-26(33-30)28-20-22-37(35-28)24-13-7-4-8-14-24/h3-22H,1-2H3/p+1. The molecule has 0 unspecified atom stereocenters. The Kier molecular flexibility index (Phi) is 5.69. The summed E-state index contributed by atoms with van der Waals surface area (Å²) in [6, 6.07) is 36.6. The molecule has 4 aromatic heterocycles. The number of aromatic amines is 1. The summed E-state index contributed by atoms with van der Waals surface area (Å²) >= 11 is 0. The summed E-state index contributed by atoms with van der Waals surface area (Å²) in [6.07, 6.45) is 3.98. The Morgan fingerprint density at radius 2 is 1.30 bits per heavy atom. The summed E-state index contributed by atoms with van der Waals surface area (Å²) in [5, 5.41) is 8.20. The molecule has 4 heterocycles. The summed E-state index contributed by atoms with van der Waals surface area (Å²) in [7, 11) is 0. The van der Waals surface area contributed by atoms with Crippen molar-refractivity contribution in [2.24, 2.45) is 0 Å². The highest BCUT2D eigenvalue weighted by Crippen LogP contribution is 2.31. The first-order valence-corrected chi connectivity index (χ1v) is 12.3. The average Bonchev–Trinajstić information content (AvgIpc) is 3.65. The Morgan fingerprint density at radius 1 is 0.649 bits per heavy atom. The molecule has 0 aliphatic heterocycles. The van der Waals surface area contributed by atoms with E-state index < -0.39 is 5.41 Å². The predicted molar refractivity (Wildman–Crippen MR) is 144 cm³/mol. The van der Waals surface area contributed by atoms with Gasteiger partial charge in [0.25, 0.3) is 0 Å². The maximum atomic E-state index is 5.04. The quantitative estimate of drug-likeness (QED) is 0.299. The summed E-state index contributed by atoms with van der Waals surface area (Å²) < 4.78 is 3.87. The number of nitrogens with one attached hydrogen (secondary N) is 1. The second-order valence-electron chi connectivity index (χ2n) is 9.47. The van der Waals surface area contributed by atoms with Crippen LogP contribution in [0.1, 0.15) is 25.2 Å². The van der Waals surface area contributed by atoms with E-state index in [1.54, 1.807) is 0 Å². The van der Waals surface area contributed by atoms with Crippen LogP contribution in [0.4, 0.5) is 0 Å². The van der Waals surface area contributed by atoms with E-state index in [0.29, 0.717) is 0 Å². The minimum atomic E-state index is -0.407. The highest BCUT2D eigenvalue weighted by atomic mass is 15.3. The lowest BCUT2D eigenvalue weighted by atomic mass is 9.84. The normalized spacial score (nSPS) is 11.5. The van der Waals surface area contributed by atoms with E-state index in [4.69, 9.17) is 15.1 Å². The summed E-state index contributed by atoms with van der Waals surface area (Å²) in [4.78, 5) is 10.1. The lowest BCUT2D eigenvalue weighted by Crippen LogP contribution is -2.31. The van der Waals surface area contributed by atoms with Crippen LogP contribution in [0.2, 0.25) is 0 Å².